The van der Waals surface area contributed by atoms with Gasteiger partial charge in [-0.2, -0.15) is 11.8 Å². The van der Waals surface area contributed by atoms with Crippen LogP contribution in [-0.4, -0.2) is 12.3 Å². The minimum absolute atomic E-state index is 1.06. The fourth-order valence-corrected chi connectivity index (χ4v) is 2.46. The highest BCUT2D eigenvalue weighted by Crippen LogP contribution is 2.19. The highest BCUT2D eigenvalue weighted by Gasteiger charge is 2.08. The summed E-state index contributed by atoms with van der Waals surface area (Å²) in [6, 6.07) is 6.96. The molecule has 0 aliphatic carbocycles. The van der Waals surface area contributed by atoms with Gasteiger partial charge in [-0.05, 0) is 35.4 Å². The Kier molecular flexibility index (Phi) is 3.49. The topological polar surface area (TPSA) is 12.0 Å². The maximum absolute atomic E-state index is 3.42. The van der Waals surface area contributed by atoms with Crippen molar-refractivity contribution in [3.05, 3.63) is 34.9 Å². The van der Waals surface area contributed by atoms with Gasteiger partial charge in [-0.15, -0.1) is 0 Å². The van der Waals surface area contributed by atoms with Crippen LogP contribution in [0.1, 0.15) is 23.6 Å². The number of thioether (sulfide) groups is 1. The highest BCUT2D eigenvalue weighted by molar-refractivity contribution is 7.98. The summed E-state index contributed by atoms with van der Waals surface area (Å²) < 4.78 is 0. The predicted molar refractivity (Wildman–Crippen MR) is 63.7 cm³/mol. The molecule has 1 nitrogen and oxygen atoms in total. The first-order valence-electron chi connectivity index (χ1n) is 5.29. The molecule has 2 heteroatoms. The van der Waals surface area contributed by atoms with E-state index in [1.165, 1.54) is 28.9 Å². The predicted octanol–water partition coefficient (Wildman–Crippen LogP) is 2.59. The Labute approximate surface area is 90.3 Å². The summed E-state index contributed by atoms with van der Waals surface area (Å²) in [6.07, 6.45) is 1.19. The van der Waals surface area contributed by atoms with Crippen molar-refractivity contribution in [2.24, 2.45) is 0 Å². The van der Waals surface area contributed by atoms with Gasteiger partial charge in [-0.3, -0.25) is 0 Å². The monoisotopic (exact) mass is 207 g/mol. The molecule has 1 N–H and O–H groups in total. The Hall–Kier alpha value is -0.470. The molecule has 1 aromatic rings. The van der Waals surface area contributed by atoms with Crippen molar-refractivity contribution in [1.82, 2.24) is 5.32 Å². The van der Waals surface area contributed by atoms with Crippen molar-refractivity contribution >= 4 is 11.8 Å². The zero-order chi connectivity index (χ0) is 9.80. The molecule has 76 valence electrons. The molecule has 1 heterocycles. The van der Waals surface area contributed by atoms with E-state index in [1.54, 1.807) is 0 Å². The van der Waals surface area contributed by atoms with Crippen LogP contribution in [0.5, 0.6) is 0 Å². The molecule has 0 fully saturated rings. The van der Waals surface area contributed by atoms with E-state index >= 15 is 0 Å². The Morgan fingerprint density at radius 3 is 3.14 bits per heavy atom. The first kappa shape index (κ1) is 10.1. The molecule has 1 aliphatic rings. The molecule has 1 aromatic carbocycles. The Morgan fingerprint density at radius 1 is 1.36 bits per heavy atom. The molecule has 2 rings (SSSR count). The van der Waals surface area contributed by atoms with E-state index in [0.717, 1.165) is 18.8 Å². The second-order valence-corrected chi connectivity index (χ2v) is 4.94. The maximum Gasteiger partial charge on any atom is 0.0208 e. The van der Waals surface area contributed by atoms with Gasteiger partial charge in [0, 0.05) is 12.3 Å². The Balaban J connectivity index is 2.12. The second kappa shape index (κ2) is 4.85. The van der Waals surface area contributed by atoms with Crippen LogP contribution in [0.15, 0.2) is 18.2 Å². The number of fused-ring (bicyclic) bond motifs is 1. The fraction of sp³-hybridized carbons (Fsp3) is 0.500. The van der Waals surface area contributed by atoms with E-state index in [-0.39, 0.29) is 0 Å². The lowest BCUT2D eigenvalue weighted by Crippen LogP contribution is -2.23. The van der Waals surface area contributed by atoms with Crippen LogP contribution in [0, 0.1) is 0 Å². The van der Waals surface area contributed by atoms with Crippen LogP contribution in [-0.2, 0) is 18.7 Å². The summed E-state index contributed by atoms with van der Waals surface area (Å²) in [6.45, 7) is 4.40. The lowest BCUT2D eigenvalue weighted by molar-refractivity contribution is 0.643. The second-order valence-electron chi connectivity index (χ2n) is 3.67. The van der Waals surface area contributed by atoms with Gasteiger partial charge in [0.05, 0.1) is 0 Å². The number of nitrogens with one attached hydrogen (secondary N) is 1. The summed E-state index contributed by atoms with van der Waals surface area (Å²) in [5, 5.41) is 3.42. The molecule has 0 unspecified atom stereocenters. The summed E-state index contributed by atoms with van der Waals surface area (Å²) in [7, 11) is 0. The van der Waals surface area contributed by atoms with Crippen LogP contribution < -0.4 is 5.32 Å². The fourth-order valence-electron chi connectivity index (χ4n) is 1.84. The van der Waals surface area contributed by atoms with Crippen LogP contribution in [0.25, 0.3) is 0 Å². The van der Waals surface area contributed by atoms with Crippen molar-refractivity contribution in [3.8, 4) is 0 Å². The van der Waals surface area contributed by atoms with E-state index in [9.17, 15) is 0 Å². The van der Waals surface area contributed by atoms with Crippen molar-refractivity contribution in [2.75, 3.05) is 12.3 Å². The summed E-state index contributed by atoms with van der Waals surface area (Å²) in [5.41, 5.74) is 4.51. The molecule has 0 atom stereocenters. The number of rotatable bonds is 3. The zero-order valence-corrected chi connectivity index (χ0v) is 9.49. The van der Waals surface area contributed by atoms with Gasteiger partial charge in [0.15, 0.2) is 0 Å². The van der Waals surface area contributed by atoms with E-state index in [1.807, 2.05) is 11.8 Å². The largest absolute Gasteiger partial charge is 0.312 e. The molecular weight excluding hydrogens is 190 g/mol. The summed E-state index contributed by atoms with van der Waals surface area (Å²) in [4.78, 5) is 0. The van der Waals surface area contributed by atoms with Gasteiger partial charge in [0.2, 0.25) is 0 Å². The Bertz CT molecular complexity index is 309. The van der Waals surface area contributed by atoms with Gasteiger partial charge in [-0.25, -0.2) is 0 Å². The molecule has 0 amide bonds. The van der Waals surface area contributed by atoms with Crippen molar-refractivity contribution in [3.63, 3.8) is 0 Å². The third kappa shape index (κ3) is 2.31. The molecule has 0 saturated heterocycles. The van der Waals surface area contributed by atoms with Crippen molar-refractivity contribution < 1.29 is 0 Å². The van der Waals surface area contributed by atoms with E-state index < -0.39 is 0 Å². The molecule has 0 aromatic heterocycles. The average molecular weight is 207 g/mol. The van der Waals surface area contributed by atoms with E-state index in [0.29, 0.717) is 0 Å². The van der Waals surface area contributed by atoms with Crippen LogP contribution in [0.4, 0.5) is 0 Å². The van der Waals surface area contributed by atoms with Gasteiger partial charge in [0.25, 0.3) is 0 Å². The number of hydrogen-bond acceptors (Lipinski definition) is 2. The molecule has 0 spiro atoms. The van der Waals surface area contributed by atoms with Crippen molar-refractivity contribution in [2.45, 2.75) is 25.6 Å². The molecule has 1 aliphatic heterocycles. The van der Waals surface area contributed by atoms with Gasteiger partial charge < -0.3 is 5.32 Å². The smallest absolute Gasteiger partial charge is 0.0208 e. The molecule has 0 bridgehead atoms. The average Bonchev–Trinajstić information content (AvgIpc) is 2.26. The minimum Gasteiger partial charge on any atom is -0.312 e. The van der Waals surface area contributed by atoms with E-state index in [2.05, 4.69) is 30.4 Å². The summed E-state index contributed by atoms with van der Waals surface area (Å²) >= 11 is 1.99. The quantitative estimate of drug-likeness (QED) is 0.817. The highest BCUT2D eigenvalue weighted by atomic mass is 32.2. The Morgan fingerprint density at radius 2 is 2.29 bits per heavy atom. The normalized spacial score (nSPS) is 15.2. The van der Waals surface area contributed by atoms with Crippen LogP contribution in [0.3, 0.4) is 0 Å². The number of hydrogen-bond donors (Lipinski definition) is 1. The zero-order valence-electron chi connectivity index (χ0n) is 8.68. The first-order chi connectivity index (χ1) is 6.90. The maximum atomic E-state index is 3.42. The van der Waals surface area contributed by atoms with Gasteiger partial charge in [-0.1, -0.05) is 25.1 Å². The molecular formula is C12H17NS. The standard InChI is InChI=1S/C12H17NS/c1-2-14-9-10-3-4-11-5-6-13-8-12(11)7-10/h3-4,7,13H,2,5-6,8-9H2,1H3. The van der Waals surface area contributed by atoms with Crippen LogP contribution >= 0.6 is 11.8 Å². The first-order valence-corrected chi connectivity index (χ1v) is 6.44. The minimum atomic E-state index is 1.06. The third-order valence-corrected chi connectivity index (χ3v) is 3.58. The lowest BCUT2D eigenvalue weighted by Gasteiger charge is -2.17. The van der Waals surface area contributed by atoms with Crippen molar-refractivity contribution in [1.29, 1.82) is 0 Å². The van der Waals surface area contributed by atoms with E-state index in [4.69, 9.17) is 0 Å². The molecule has 0 saturated carbocycles. The van der Waals surface area contributed by atoms with Gasteiger partial charge in [0.1, 0.15) is 0 Å². The third-order valence-electron chi connectivity index (χ3n) is 2.63. The van der Waals surface area contributed by atoms with Gasteiger partial charge >= 0.3 is 0 Å². The SMILES string of the molecule is CCSCc1ccc2c(c1)CNCC2. The van der Waals surface area contributed by atoms with Crippen LogP contribution in [0.2, 0.25) is 0 Å². The molecule has 14 heavy (non-hydrogen) atoms. The number of benzene rings is 1. The lowest BCUT2D eigenvalue weighted by atomic mass is 9.99. The summed E-state index contributed by atoms with van der Waals surface area (Å²) in [5.74, 6) is 2.36. The molecule has 0 radical (unpaired) electrons.